The predicted octanol–water partition coefficient (Wildman–Crippen LogP) is 3.44. The van der Waals surface area contributed by atoms with Crippen LogP contribution < -0.4 is 10.1 Å². The standard InChI is InChI=1S/C15H19N3O/c1-5-8-18-10-12(3)16-15(18)17-13-9-11(2)6-7-14(13)19-4/h5-7,9-10H,1,8H2,2-4H3,(H,16,17). The molecule has 0 atom stereocenters. The van der Waals surface area contributed by atoms with Gasteiger partial charge in [-0.2, -0.15) is 0 Å². The third-order valence-corrected chi connectivity index (χ3v) is 2.82. The number of nitrogens with one attached hydrogen (secondary N) is 1. The number of anilines is 2. The van der Waals surface area contributed by atoms with E-state index in [0.717, 1.165) is 29.6 Å². The van der Waals surface area contributed by atoms with Gasteiger partial charge in [0.1, 0.15) is 5.75 Å². The van der Waals surface area contributed by atoms with Crippen molar-refractivity contribution >= 4 is 11.6 Å². The third kappa shape index (κ3) is 2.96. The van der Waals surface area contributed by atoms with Crippen LogP contribution in [0.3, 0.4) is 0 Å². The molecule has 19 heavy (non-hydrogen) atoms. The van der Waals surface area contributed by atoms with Gasteiger partial charge in [-0.25, -0.2) is 4.98 Å². The minimum absolute atomic E-state index is 0.720. The predicted molar refractivity (Wildman–Crippen MR) is 78.2 cm³/mol. The fraction of sp³-hybridized carbons (Fsp3) is 0.267. The van der Waals surface area contributed by atoms with E-state index in [1.807, 2.05) is 48.9 Å². The molecule has 0 aliphatic heterocycles. The minimum atomic E-state index is 0.720. The van der Waals surface area contributed by atoms with E-state index in [2.05, 4.69) is 16.9 Å². The van der Waals surface area contributed by atoms with Gasteiger partial charge >= 0.3 is 0 Å². The molecule has 4 heteroatoms. The summed E-state index contributed by atoms with van der Waals surface area (Å²) in [6, 6.07) is 6.01. The summed E-state index contributed by atoms with van der Waals surface area (Å²) in [4.78, 5) is 4.48. The monoisotopic (exact) mass is 257 g/mol. The maximum atomic E-state index is 5.36. The highest BCUT2D eigenvalue weighted by Crippen LogP contribution is 2.28. The first-order valence-corrected chi connectivity index (χ1v) is 6.20. The molecule has 100 valence electrons. The van der Waals surface area contributed by atoms with Gasteiger partial charge in [0.15, 0.2) is 0 Å². The van der Waals surface area contributed by atoms with Crippen molar-refractivity contribution in [2.75, 3.05) is 12.4 Å². The molecule has 1 aromatic heterocycles. The number of aromatic nitrogens is 2. The Kier molecular flexibility index (Phi) is 3.90. The Morgan fingerprint density at radius 3 is 2.89 bits per heavy atom. The Labute approximate surface area is 113 Å². The van der Waals surface area contributed by atoms with Crippen molar-refractivity contribution in [2.45, 2.75) is 20.4 Å². The number of benzene rings is 1. The average molecular weight is 257 g/mol. The molecule has 0 unspecified atom stereocenters. The topological polar surface area (TPSA) is 39.1 Å². The Balaban J connectivity index is 2.35. The molecule has 0 saturated heterocycles. The van der Waals surface area contributed by atoms with Crippen molar-refractivity contribution < 1.29 is 4.74 Å². The van der Waals surface area contributed by atoms with Crippen LogP contribution in [-0.4, -0.2) is 16.7 Å². The lowest BCUT2D eigenvalue weighted by Gasteiger charge is -2.12. The van der Waals surface area contributed by atoms with E-state index in [9.17, 15) is 0 Å². The molecule has 0 spiro atoms. The van der Waals surface area contributed by atoms with Crippen molar-refractivity contribution in [1.82, 2.24) is 9.55 Å². The first-order chi connectivity index (χ1) is 9.13. The molecule has 0 aliphatic rings. The summed E-state index contributed by atoms with van der Waals surface area (Å²) in [6.45, 7) is 8.50. The summed E-state index contributed by atoms with van der Waals surface area (Å²) in [5.74, 6) is 1.60. The van der Waals surface area contributed by atoms with Crippen LogP contribution in [-0.2, 0) is 6.54 Å². The lowest BCUT2D eigenvalue weighted by Crippen LogP contribution is -2.03. The minimum Gasteiger partial charge on any atom is -0.495 e. The lowest BCUT2D eigenvalue weighted by atomic mass is 10.2. The molecule has 0 fully saturated rings. The molecular weight excluding hydrogens is 238 g/mol. The van der Waals surface area contributed by atoms with Crippen LogP contribution in [0.4, 0.5) is 11.6 Å². The molecule has 1 heterocycles. The maximum Gasteiger partial charge on any atom is 0.207 e. The first kappa shape index (κ1) is 13.2. The van der Waals surface area contributed by atoms with E-state index in [1.165, 1.54) is 5.56 Å². The van der Waals surface area contributed by atoms with Crippen LogP contribution in [0.1, 0.15) is 11.3 Å². The van der Waals surface area contributed by atoms with E-state index in [4.69, 9.17) is 4.74 Å². The van der Waals surface area contributed by atoms with Gasteiger partial charge in [0.05, 0.1) is 18.5 Å². The molecule has 1 N–H and O–H groups in total. The number of aryl methyl sites for hydroxylation is 2. The van der Waals surface area contributed by atoms with Gasteiger partial charge in [0, 0.05) is 12.7 Å². The molecule has 2 rings (SSSR count). The number of ether oxygens (including phenoxy) is 1. The van der Waals surface area contributed by atoms with Gasteiger partial charge in [0.2, 0.25) is 5.95 Å². The quantitative estimate of drug-likeness (QED) is 0.834. The molecule has 0 bridgehead atoms. The zero-order valence-corrected chi connectivity index (χ0v) is 11.6. The zero-order valence-electron chi connectivity index (χ0n) is 11.6. The number of rotatable bonds is 5. The molecule has 0 saturated carbocycles. The van der Waals surface area contributed by atoms with Crippen LogP contribution >= 0.6 is 0 Å². The molecular formula is C15H19N3O. The van der Waals surface area contributed by atoms with Crippen LogP contribution in [0.25, 0.3) is 0 Å². The van der Waals surface area contributed by atoms with Crippen molar-refractivity contribution in [2.24, 2.45) is 0 Å². The summed E-state index contributed by atoms with van der Waals surface area (Å²) >= 11 is 0. The largest absolute Gasteiger partial charge is 0.495 e. The van der Waals surface area contributed by atoms with Crippen LogP contribution in [0.5, 0.6) is 5.75 Å². The molecule has 2 aromatic rings. The first-order valence-electron chi connectivity index (χ1n) is 6.20. The van der Waals surface area contributed by atoms with Crippen LogP contribution in [0.15, 0.2) is 37.1 Å². The molecule has 0 amide bonds. The second kappa shape index (κ2) is 5.61. The van der Waals surface area contributed by atoms with E-state index in [-0.39, 0.29) is 0 Å². The van der Waals surface area contributed by atoms with Crippen molar-refractivity contribution in [3.63, 3.8) is 0 Å². The second-order valence-corrected chi connectivity index (χ2v) is 4.48. The fourth-order valence-electron chi connectivity index (χ4n) is 1.96. The summed E-state index contributed by atoms with van der Waals surface area (Å²) in [5, 5.41) is 3.32. The van der Waals surface area contributed by atoms with Crippen molar-refractivity contribution in [3.05, 3.63) is 48.3 Å². The van der Waals surface area contributed by atoms with Gasteiger partial charge < -0.3 is 14.6 Å². The summed E-state index contributed by atoms with van der Waals surface area (Å²) in [7, 11) is 1.66. The Hall–Kier alpha value is -2.23. The third-order valence-electron chi connectivity index (χ3n) is 2.82. The van der Waals surface area contributed by atoms with Crippen LogP contribution in [0, 0.1) is 13.8 Å². The van der Waals surface area contributed by atoms with E-state index >= 15 is 0 Å². The number of methoxy groups -OCH3 is 1. The van der Waals surface area contributed by atoms with Gasteiger partial charge in [0.25, 0.3) is 0 Å². The summed E-state index contributed by atoms with van der Waals surface area (Å²) in [6.07, 6.45) is 3.84. The fourth-order valence-corrected chi connectivity index (χ4v) is 1.96. The van der Waals surface area contributed by atoms with Gasteiger partial charge in [-0.05, 0) is 31.5 Å². The van der Waals surface area contributed by atoms with E-state index < -0.39 is 0 Å². The number of hydrogen-bond acceptors (Lipinski definition) is 3. The average Bonchev–Trinajstić information content (AvgIpc) is 2.70. The summed E-state index contributed by atoms with van der Waals surface area (Å²) in [5.41, 5.74) is 3.05. The Morgan fingerprint density at radius 1 is 1.42 bits per heavy atom. The smallest absolute Gasteiger partial charge is 0.207 e. The highest BCUT2D eigenvalue weighted by Gasteiger charge is 2.08. The normalized spacial score (nSPS) is 10.3. The van der Waals surface area contributed by atoms with E-state index in [1.54, 1.807) is 7.11 Å². The van der Waals surface area contributed by atoms with Gasteiger partial charge in [-0.1, -0.05) is 12.1 Å². The number of nitrogens with zero attached hydrogens (tertiary/aromatic N) is 2. The van der Waals surface area contributed by atoms with E-state index in [0.29, 0.717) is 0 Å². The zero-order chi connectivity index (χ0) is 13.8. The lowest BCUT2D eigenvalue weighted by molar-refractivity contribution is 0.416. The number of imidazole rings is 1. The van der Waals surface area contributed by atoms with Crippen molar-refractivity contribution in [1.29, 1.82) is 0 Å². The highest BCUT2D eigenvalue weighted by atomic mass is 16.5. The molecule has 4 nitrogen and oxygen atoms in total. The molecule has 0 aliphatic carbocycles. The highest BCUT2D eigenvalue weighted by molar-refractivity contribution is 5.64. The Bertz CT molecular complexity index is 587. The SMILES string of the molecule is C=CCn1cc(C)nc1Nc1cc(C)ccc1OC. The molecule has 0 radical (unpaired) electrons. The van der Waals surface area contributed by atoms with Gasteiger partial charge in [-0.3, -0.25) is 0 Å². The van der Waals surface area contributed by atoms with Crippen molar-refractivity contribution in [3.8, 4) is 5.75 Å². The number of hydrogen-bond donors (Lipinski definition) is 1. The second-order valence-electron chi connectivity index (χ2n) is 4.48. The van der Waals surface area contributed by atoms with Gasteiger partial charge in [-0.15, -0.1) is 6.58 Å². The molecule has 1 aromatic carbocycles. The van der Waals surface area contributed by atoms with Crippen LogP contribution in [0.2, 0.25) is 0 Å². The Morgan fingerprint density at radius 2 is 2.21 bits per heavy atom. The summed E-state index contributed by atoms with van der Waals surface area (Å²) < 4.78 is 7.38. The maximum absolute atomic E-state index is 5.36. The number of allylic oxidation sites excluding steroid dienone is 1.